The number of aliphatic carboxylic acids is 1. The van der Waals surface area contributed by atoms with Gasteiger partial charge in [0.15, 0.2) is 0 Å². The summed E-state index contributed by atoms with van der Waals surface area (Å²) in [6, 6.07) is 14.4. The Hall–Kier alpha value is -2.99. The second-order valence-corrected chi connectivity index (χ2v) is 6.50. The maximum atomic E-state index is 11.9. The van der Waals surface area contributed by atoms with Gasteiger partial charge in [-0.1, -0.05) is 48.0 Å². The molecule has 0 radical (unpaired) electrons. The number of rotatable bonds is 9. The van der Waals surface area contributed by atoms with Crippen LogP contribution in [0, 0.1) is 10.8 Å². The van der Waals surface area contributed by atoms with Crippen molar-refractivity contribution >= 4 is 35.4 Å². The van der Waals surface area contributed by atoms with Crippen LogP contribution in [0.25, 0.3) is 11.1 Å². The molecule has 27 heavy (non-hydrogen) atoms. The van der Waals surface area contributed by atoms with Crippen LogP contribution in [0.3, 0.4) is 0 Å². The summed E-state index contributed by atoms with van der Waals surface area (Å²) in [7, 11) is 0. The minimum atomic E-state index is -1.03. The number of carbonyl (C=O) groups is 2. The molecule has 2 aromatic rings. The van der Waals surface area contributed by atoms with Crippen LogP contribution in [0.1, 0.15) is 18.4 Å². The summed E-state index contributed by atoms with van der Waals surface area (Å²) in [5, 5.41) is 26.8. The highest BCUT2D eigenvalue weighted by molar-refractivity contribution is 6.39. The first kappa shape index (κ1) is 20.3. The lowest BCUT2D eigenvalue weighted by Gasteiger charge is -2.17. The van der Waals surface area contributed by atoms with Crippen molar-refractivity contribution in [2.45, 2.75) is 25.3 Å². The number of carbonyl (C=O) groups excluding carboxylic acids is 1. The van der Waals surface area contributed by atoms with E-state index in [2.05, 4.69) is 5.32 Å². The molecule has 2 aromatic carbocycles. The molecule has 0 spiro atoms. The molecular formula is C20H20ClN3O3. The first-order valence-corrected chi connectivity index (χ1v) is 8.70. The van der Waals surface area contributed by atoms with Crippen molar-refractivity contribution in [2.75, 3.05) is 0 Å². The van der Waals surface area contributed by atoms with Crippen LogP contribution in [-0.2, 0) is 16.0 Å². The molecule has 1 amide bonds. The lowest BCUT2D eigenvalue weighted by atomic mass is 9.99. The van der Waals surface area contributed by atoms with Crippen LogP contribution in [-0.4, -0.2) is 35.0 Å². The summed E-state index contributed by atoms with van der Waals surface area (Å²) < 4.78 is 0. The topological polar surface area (TPSA) is 114 Å². The number of benzene rings is 2. The number of nitrogens with one attached hydrogen (secondary N) is 3. The maximum absolute atomic E-state index is 11.9. The van der Waals surface area contributed by atoms with E-state index in [1.807, 2.05) is 42.5 Å². The average Bonchev–Trinajstić information content (AvgIpc) is 2.62. The van der Waals surface area contributed by atoms with E-state index in [1.165, 1.54) is 0 Å². The number of carboxylic acid groups (broad SMARTS) is 1. The van der Waals surface area contributed by atoms with Gasteiger partial charge in [0.05, 0.1) is 6.42 Å². The van der Waals surface area contributed by atoms with E-state index in [1.54, 1.807) is 6.07 Å². The van der Waals surface area contributed by atoms with Crippen LogP contribution >= 0.6 is 11.6 Å². The minimum absolute atomic E-state index is 0.0834. The molecular weight excluding hydrogens is 366 g/mol. The molecule has 7 heteroatoms. The van der Waals surface area contributed by atoms with Gasteiger partial charge in [-0.15, -0.1) is 0 Å². The van der Waals surface area contributed by atoms with Crippen LogP contribution in [0.4, 0.5) is 0 Å². The maximum Gasteiger partial charge on any atom is 0.305 e. The zero-order chi connectivity index (χ0) is 19.8. The Morgan fingerprint density at radius 1 is 1.15 bits per heavy atom. The second-order valence-electron chi connectivity index (χ2n) is 6.07. The van der Waals surface area contributed by atoms with E-state index in [0.717, 1.165) is 22.9 Å². The fraction of sp³-hybridized carbons (Fsp3) is 0.200. The highest BCUT2D eigenvalue weighted by Crippen LogP contribution is 2.23. The highest BCUT2D eigenvalue weighted by Gasteiger charge is 2.18. The molecule has 6 nitrogen and oxygen atoms in total. The summed E-state index contributed by atoms with van der Waals surface area (Å²) in [5.41, 5.74) is 2.56. The van der Waals surface area contributed by atoms with E-state index < -0.39 is 17.9 Å². The van der Waals surface area contributed by atoms with Crippen LogP contribution in [0.15, 0.2) is 48.5 Å². The zero-order valence-corrected chi connectivity index (χ0v) is 15.3. The third-order valence-electron chi connectivity index (χ3n) is 3.93. The summed E-state index contributed by atoms with van der Waals surface area (Å²) >= 11 is 6.01. The Morgan fingerprint density at radius 3 is 2.44 bits per heavy atom. The van der Waals surface area contributed by atoms with Gasteiger partial charge < -0.3 is 15.8 Å². The van der Waals surface area contributed by atoms with Gasteiger partial charge in [-0.25, -0.2) is 0 Å². The normalized spacial score (nSPS) is 11.4. The molecule has 0 saturated heterocycles. The molecule has 1 atom stereocenters. The molecule has 140 valence electrons. The van der Waals surface area contributed by atoms with E-state index in [9.17, 15) is 9.59 Å². The van der Waals surface area contributed by atoms with Crippen molar-refractivity contribution in [3.63, 3.8) is 0 Å². The SMILES string of the molecule is N=CCC(=N)C(=O)N[C@@H](CC(=O)O)Cc1ccc(-c2cccc(Cl)c2)cc1. The fourth-order valence-corrected chi connectivity index (χ4v) is 2.83. The second kappa shape index (κ2) is 9.64. The van der Waals surface area contributed by atoms with E-state index in [4.69, 9.17) is 27.5 Å². The Morgan fingerprint density at radius 2 is 1.85 bits per heavy atom. The average molecular weight is 386 g/mol. The molecule has 2 rings (SSSR count). The van der Waals surface area contributed by atoms with Gasteiger partial charge in [-0.2, -0.15) is 0 Å². The lowest BCUT2D eigenvalue weighted by Crippen LogP contribution is -2.41. The number of halogens is 1. The molecule has 0 aromatic heterocycles. The van der Waals surface area contributed by atoms with Crippen molar-refractivity contribution < 1.29 is 14.7 Å². The standard InChI is InChI=1S/C20H20ClN3O3/c21-16-3-1-2-15(11-16)14-6-4-13(5-7-14)10-17(12-19(25)26)24-20(27)18(23)8-9-22/h1-7,9,11,17,22-23H,8,10,12H2,(H,24,27)(H,25,26)/t17-/m1/s1. The van der Waals surface area contributed by atoms with Crippen LogP contribution in [0.5, 0.6) is 0 Å². The molecule has 0 bridgehead atoms. The molecule has 0 saturated carbocycles. The Balaban J connectivity index is 2.10. The van der Waals surface area contributed by atoms with Gasteiger partial charge in [0.1, 0.15) is 5.71 Å². The van der Waals surface area contributed by atoms with Crippen molar-refractivity contribution in [1.82, 2.24) is 5.32 Å². The highest BCUT2D eigenvalue weighted by atomic mass is 35.5. The molecule has 4 N–H and O–H groups in total. The third kappa shape index (κ3) is 6.34. The summed E-state index contributed by atoms with van der Waals surface area (Å²) in [6.45, 7) is 0. The van der Waals surface area contributed by atoms with Gasteiger partial charge in [0.2, 0.25) is 0 Å². The number of carboxylic acids is 1. The summed E-state index contributed by atoms with van der Waals surface area (Å²) in [4.78, 5) is 23.0. The monoisotopic (exact) mass is 385 g/mol. The molecule has 0 fully saturated rings. The van der Waals surface area contributed by atoms with Gasteiger partial charge >= 0.3 is 5.97 Å². The van der Waals surface area contributed by atoms with E-state index in [-0.39, 0.29) is 18.6 Å². The van der Waals surface area contributed by atoms with Crippen molar-refractivity contribution in [1.29, 1.82) is 10.8 Å². The van der Waals surface area contributed by atoms with Crippen molar-refractivity contribution in [3.8, 4) is 11.1 Å². The molecule has 0 aliphatic rings. The Bertz CT molecular complexity index is 850. The Kier molecular flexibility index (Phi) is 7.25. The Labute approximate surface area is 162 Å². The fourth-order valence-electron chi connectivity index (χ4n) is 2.64. The van der Waals surface area contributed by atoms with Gasteiger partial charge in [-0.05, 0) is 35.2 Å². The van der Waals surface area contributed by atoms with Crippen LogP contribution in [0.2, 0.25) is 5.02 Å². The predicted octanol–water partition coefficient (Wildman–Crippen LogP) is 3.57. The first-order chi connectivity index (χ1) is 12.9. The number of hydrogen-bond donors (Lipinski definition) is 4. The quantitative estimate of drug-likeness (QED) is 0.494. The third-order valence-corrected chi connectivity index (χ3v) is 4.17. The molecule has 0 unspecified atom stereocenters. The zero-order valence-electron chi connectivity index (χ0n) is 14.5. The van der Waals surface area contributed by atoms with E-state index in [0.29, 0.717) is 11.4 Å². The number of amides is 1. The minimum Gasteiger partial charge on any atom is -0.481 e. The van der Waals surface area contributed by atoms with Gasteiger partial charge in [0.25, 0.3) is 5.91 Å². The van der Waals surface area contributed by atoms with E-state index >= 15 is 0 Å². The molecule has 0 heterocycles. The first-order valence-electron chi connectivity index (χ1n) is 8.33. The predicted molar refractivity (Wildman–Crippen MR) is 106 cm³/mol. The van der Waals surface area contributed by atoms with Crippen molar-refractivity contribution in [2.24, 2.45) is 0 Å². The largest absolute Gasteiger partial charge is 0.481 e. The summed E-state index contributed by atoms with van der Waals surface area (Å²) in [6.07, 6.45) is 0.952. The number of hydrogen-bond acceptors (Lipinski definition) is 4. The summed E-state index contributed by atoms with van der Waals surface area (Å²) in [5.74, 6) is -1.69. The smallest absolute Gasteiger partial charge is 0.305 e. The van der Waals surface area contributed by atoms with Gasteiger partial charge in [0, 0.05) is 23.7 Å². The molecule has 0 aliphatic carbocycles. The molecule has 0 aliphatic heterocycles. The lowest BCUT2D eigenvalue weighted by molar-refractivity contribution is -0.137. The van der Waals surface area contributed by atoms with Crippen LogP contribution < -0.4 is 5.32 Å². The van der Waals surface area contributed by atoms with Gasteiger partial charge in [-0.3, -0.25) is 15.0 Å². The van der Waals surface area contributed by atoms with Crippen molar-refractivity contribution in [3.05, 3.63) is 59.1 Å².